The minimum atomic E-state index is 1.06. The molecule has 4 nitrogen and oxygen atoms in total. The normalized spacial score (nSPS) is 7.25. The average molecular weight is 162 g/mol. The second kappa shape index (κ2) is 7.30. The van der Waals surface area contributed by atoms with E-state index >= 15 is 0 Å². The molecule has 0 aliphatic carbocycles. The van der Waals surface area contributed by atoms with Crippen molar-refractivity contribution in [3.8, 4) is 12.1 Å². The number of H-pyrrole nitrogens is 1. The number of hydrogen-bond donors (Lipinski definition) is 1. The number of aryl methyl sites for hydroxylation is 1. The number of rotatable bonds is 2. The predicted octanol–water partition coefficient (Wildman–Crippen LogP) is 1.40. The van der Waals surface area contributed by atoms with E-state index in [9.17, 15) is 0 Å². The van der Waals surface area contributed by atoms with Gasteiger partial charge in [-0.15, -0.1) is 0 Å². The molecule has 0 aliphatic rings. The maximum Gasteiger partial charge on any atom is 0.181 e. The van der Waals surface area contributed by atoms with Crippen molar-refractivity contribution in [3.63, 3.8) is 0 Å². The molecule has 0 atom stereocenters. The molecule has 0 spiro atoms. The van der Waals surface area contributed by atoms with Crippen LogP contribution in [0.3, 0.4) is 0 Å². The van der Waals surface area contributed by atoms with Gasteiger partial charge in [-0.05, 0) is 6.42 Å². The highest BCUT2D eigenvalue weighted by Gasteiger charge is 1.87. The lowest BCUT2D eigenvalue weighted by Gasteiger charge is -1.85. The van der Waals surface area contributed by atoms with Crippen molar-refractivity contribution >= 4 is 0 Å². The van der Waals surface area contributed by atoms with E-state index in [0.717, 1.165) is 18.7 Å². The predicted molar refractivity (Wildman–Crippen MR) is 43.8 cm³/mol. The molecule has 0 bridgehead atoms. The lowest BCUT2D eigenvalue weighted by Crippen LogP contribution is -1.83. The molecule has 0 fully saturated rings. The Morgan fingerprint density at radius 3 is 2.50 bits per heavy atom. The smallest absolute Gasteiger partial charge is 0.181 e. The average Bonchev–Trinajstić information content (AvgIpc) is 2.58. The van der Waals surface area contributed by atoms with Crippen LogP contribution in [0.15, 0.2) is 12.4 Å². The van der Waals surface area contributed by atoms with Crippen molar-refractivity contribution in [3.05, 3.63) is 18.2 Å². The van der Waals surface area contributed by atoms with Crippen molar-refractivity contribution in [1.29, 1.82) is 10.5 Å². The number of nitrogens with zero attached hydrogens (tertiary/aromatic N) is 3. The number of hydrogen-bond acceptors (Lipinski definition) is 3. The van der Waals surface area contributed by atoms with Crippen LogP contribution >= 0.6 is 0 Å². The fourth-order valence-electron chi connectivity index (χ4n) is 0.671. The number of imidazole rings is 1. The quantitative estimate of drug-likeness (QED) is 0.713. The van der Waals surface area contributed by atoms with Crippen LogP contribution in [-0.4, -0.2) is 9.97 Å². The molecule has 1 N–H and O–H groups in total. The summed E-state index contributed by atoms with van der Waals surface area (Å²) in [6.07, 6.45) is 5.86. The second-order valence-electron chi connectivity index (χ2n) is 2.01. The molecular formula is C8H10N4. The molecule has 0 saturated heterocycles. The van der Waals surface area contributed by atoms with E-state index in [2.05, 4.69) is 16.9 Å². The standard InChI is InChI=1S/C6H10N2.C2N2/c1-2-3-6-7-4-5-8-6;3-1-2-4/h4-5H,2-3H2,1H3,(H,7,8);. The van der Waals surface area contributed by atoms with Crippen molar-refractivity contribution in [2.45, 2.75) is 19.8 Å². The third-order valence-corrected chi connectivity index (χ3v) is 1.09. The van der Waals surface area contributed by atoms with Gasteiger partial charge in [0.2, 0.25) is 0 Å². The number of aromatic amines is 1. The summed E-state index contributed by atoms with van der Waals surface area (Å²) in [4.78, 5) is 7.08. The third-order valence-electron chi connectivity index (χ3n) is 1.09. The summed E-state index contributed by atoms with van der Waals surface area (Å²) in [5, 5.41) is 14.5. The summed E-state index contributed by atoms with van der Waals surface area (Å²) in [5.74, 6) is 1.09. The topological polar surface area (TPSA) is 76.3 Å². The van der Waals surface area contributed by atoms with Crippen molar-refractivity contribution in [2.75, 3.05) is 0 Å². The fourth-order valence-corrected chi connectivity index (χ4v) is 0.671. The summed E-state index contributed by atoms with van der Waals surface area (Å²) in [5.41, 5.74) is 0. The Kier molecular flexibility index (Phi) is 6.20. The van der Waals surface area contributed by atoms with E-state index in [0.29, 0.717) is 0 Å². The Hall–Kier alpha value is -1.81. The van der Waals surface area contributed by atoms with Crippen LogP contribution in [0.5, 0.6) is 0 Å². The fraction of sp³-hybridized carbons (Fsp3) is 0.375. The summed E-state index contributed by atoms with van der Waals surface area (Å²) in [7, 11) is 0. The van der Waals surface area contributed by atoms with Gasteiger partial charge in [-0.3, -0.25) is 0 Å². The van der Waals surface area contributed by atoms with Crippen LogP contribution in [0.2, 0.25) is 0 Å². The van der Waals surface area contributed by atoms with E-state index in [4.69, 9.17) is 10.5 Å². The minimum Gasteiger partial charge on any atom is -0.349 e. The first-order chi connectivity index (χ1) is 5.85. The van der Waals surface area contributed by atoms with Crippen LogP contribution < -0.4 is 0 Å². The lowest BCUT2D eigenvalue weighted by molar-refractivity contribution is 0.856. The molecule has 12 heavy (non-hydrogen) atoms. The van der Waals surface area contributed by atoms with Crippen LogP contribution in [0, 0.1) is 22.7 Å². The zero-order chi connectivity index (χ0) is 9.23. The first-order valence-electron chi connectivity index (χ1n) is 3.61. The van der Waals surface area contributed by atoms with Gasteiger partial charge in [-0.1, -0.05) is 6.92 Å². The molecule has 1 aromatic rings. The van der Waals surface area contributed by atoms with Gasteiger partial charge in [0, 0.05) is 18.8 Å². The molecule has 1 aromatic heterocycles. The van der Waals surface area contributed by atoms with Gasteiger partial charge in [-0.2, -0.15) is 10.5 Å². The summed E-state index contributed by atoms with van der Waals surface area (Å²) in [6, 6.07) is 2.47. The van der Waals surface area contributed by atoms with Gasteiger partial charge in [0.1, 0.15) is 5.82 Å². The highest BCUT2D eigenvalue weighted by Crippen LogP contribution is 1.91. The summed E-state index contributed by atoms with van der Waals surface area (Å²) < 4.78 is 0. The molecule has 1 rings (SSSR count). The molecule has 4 heteroatoms. The van der Waals surface area contributed by atoms with Crippen molar-refractivity contribution < 1.29 is 0 Å². The van der Waals surface area contributed by atoms with E-state index in [-0.39, 0.29) is 0 Å². The van der Waals surface area contributed by atoms with Crippen LogP contribution in [0.4, 0.5) is 0 Å². The number of aromatic nitrogens is 2. The Balaban J connectivity index is 0.000000261. The first-order valence-corrected chi connectivity index (χ1v) is 3.61. The van der Waals surface area contributed by atoms with E-state index < -0.39 is 0 Å². The number of nitriles is 2. The first kappa shape index (κ1) is 10.2. The molecule has 0 saturated carbocycles. The summed E-state index contributed by atoms with van der Waals surface area (Å²) >= 11 is 0. The SMILES string of the molecule is CCCc1ncc[nH]1.N#CC#N. The van der Waals surface area contributed by atoms with Gasteiger partial charge >= 0.3 is 0 Å². The zero-order valence-electron chi connectivity index (χ0n) is 6.91. The van der Waals surface area contributed by atoms with E-state index in [1.165, 1.54) is 12.1 Å². The van der Waals surface area contributed by atoms with Gasteiger partial charge in [0.05, 0.1) is 0 Å². The summed E-state index contributed by atoms with van der Waals surface area (Å²) in [6.45, 7) is 2.14. The maximum absolute atomic E-state index is 7.26. The maximum atomic E-state index is 7.26. The molecule has 0 unspecified atom stereocenters. The second-order valence-corrected chi connectivity index (χ2v) is 2.01. The Morgan fingerprint density at radius 1 is 1.50 bits per heavy atom. The molecule has 0 aromatic carbocycles. The Labute approximate surface area is 71.5 Å². The molecule has 0 amide bonds. The Bertz CT molecular complexity index is 250. The molecule has 0 radical (unpaired) electrons. The van der Waals surface area contributed by atoms with E-state index in [1.807, 2.05) is 6.20 Å². The van der Waals surface area contributed by atoms with E-state index in [1.54, 1.807) is 6.20 Å². The largest absolute Gasteiger partial charge is 0.349 e. The molecule has 0 aliphatic heterocycles. The van der Waals surface area contributed by atoms with Gasteiger partial charge in [0.25, 0.3) is 0 Å². The molecular weight excluding hydrogens is 152 g/mol. The molecule has 62 valence electrons. The van der Waals surface area contributed by atoms with Crippen molar-refractivity contribution in [2.24, 2.45) is 0 Å². The van der Waals surface area contributed by atoms with Crippen LogP contribution in [0.1, 0.15) is 19.2 Å². The zero-order valence-corrected chi connectivity index (χ0v) is 6.91. The van der Waals surface area contributed by atoms with Crippen molar-refractivity contribution in [1.82, 2.24) is 9.97 Å². The minimum absolute atomic E-state index is 1.06. The Morgan fingerprint density at radius 2 is 2.17 bits per heavy atom. The third kappa shape index (κ3) is 5.01. The monoisotopic (exact) mass is 162 g/mol. The highest BCUT2D eigenvalue weighted by molar-refractivity contribution is 4.99. The lowest BCUT2D eigenvalue weighted by atomic mass is 10.3. The number of nitrogens with one attached hydrogen (secondary N) is 1. The van der Waals surface area contributed by atoms with Crippen LogP contribution in [0.25, 0.3) is 0 Å². The van der Waals surface area contributed by atoms with Crippen LogP contribution in [-0.2, 0) is 6.42 Å². The van der Waals surface area contributed by atoms with Gasteiger partial charge in [-0.25, -0.2) is 4.98 Å². The van der Waals surface area contributed by atoms with Gasteiger partial charge < -0.3 is 4.98 Å². The van der Waals surface area contributed by atoms with Gasteiger partial charge in [0.15, 0.2) is 12.1 Å². The molecule has 1 heterocycles. The highest BCUT2D eigenvalue weighted by atomic mass is 14.9.